The zero-order valence-electron chi connectivity index (χ0n) is 13.2. The van der Waals surface area contributed by atoms with Crippen molar-refractivity contribution >= 4 is 5.91 Å². The number of oxazole rings is 1. The van der Waals surface area contributed by atoms with Gasteiger partial charge in [-0.05, 0) is 23.5 Å². The Hall–Kier alpha value is -2.21. The first-order valence-electron chi connectivity index (χ1n) is 7.24. The van der Waals surface area contributed by atoms with Crippen LogP contribution >= 0.6 is 0 Å². The molecule has 0 radical (unpaired) electrons. The molecule has 1 atom stereocenters. The van der Waals surface area contributed by atoms with Crippen molar-refractivity contribution < 1.29 is 9.21 Å². The molecule has 0 unspecified atom stereocenters. The minimum Gasteiger partial charge on any atom is -0.447 e. The first kappa shape index (κ1) is 16.2. The van der Waals surface area contributed by atoms with E-state index in [1.165, 1.54) is 6.26 Å². The molecule has 0 aliphatic carbocycles. The van der Waals surface area contributed by atoms with Gasteiger partial charge in [0.2, 0.25) is 5.89 Å². The second kappa shape index (κ2) is 6.70. The van der Waals surface area contributed by atoms with E-state index in [0.717, 1.165) is 12.0 Å². The van der Waals surface area contributed by atoms with Gasteiger partial charge >= 0.3 is 0 Å². The van der Waals surface area contributed by atoms with Gasteiger partial charge in [0.15, 0.2) is 5.69 Å². The van der Waals surface area contributed by atoms with Crippen LogP contribution in [0.15, 0.2) is 35.2 Å². The van der Waals surface area contributed by atoms with E-state index in [1.54, 1.807) is 12.4 Å². The highest BCUT2D eigenvalue weighted by atomic mass is 16.3. The highest BCUT2D eigenvalue weighted by Gasteiger charge is 2.23. The normalized spacial score (nSPS) is 12.9. The maximum Gasteiger partial charge on any atom is 0.273 e. The number of rotatable bonds is 5. The average Bonchev–Trinajstić information content (AvgIpc) is 2.95. The minimum atomic E-state index is -0.276. The van der Waals surface area contributed by atoms with Crippen LogP contribution in [0.2, 0.25) is 0 Å². The summed E-state index contributed by atoms with van der Waals surface area (Å²) in [5, 5.41) is 3.00. The van der Waals surface area contributed by atoms with Crippen molar-refractivity contribution in [3.8, 4) is 0 Å². The highest BCUT2D eigenvalue weighted by Crippen LogP contribution is 2.29. The van der Waals surface area contributed by atoms with Crippen molar-refractivity contribution in [3.63, 3.8) is 0 Å². The summed E-state index contributed by atoms with van der Waals surface area (Å²) in [5.41, 5.74) is 6.70. The molecule has 0 bridgehead atoms. The molecule has 2 heterocycles. The van der Waals surface area contributed by atoms with Crippen LogP contribution in [0.5, 0.6) is 0 Å². The molecule has 6 heteroatoms. The lowest BCUT2D eigenvalue weighted by Crippen LogP contribution is -2.31. The van der Waals surface area contributed by atoms with Crippen molar-refractivity contribution in [1.29, 1.82) is 0 Å². The van der Waals surface area contributed by atoms with E-state index in [2.05, 4.69) is 36.1 Å². The Kier molecular flexibility index (Phi) is 4.92. The van der Waals surface area contributed by atoms with Gasteiger partial charge in [-0.1, -0.05) is 26.8 Å². The molecule has 22 heavy (non-hydrogen) atoms. The van der Waals surface area contributed by atoms with Gasteiger partial charge < -0.3 is 15.5 Å². The van der Waals surface area contributed by atoms with Crippen molar-refractivity contribution in [2.24, 2.45) is 11.1 Å². The van der Waals surface area contributed by atoms with Crippen LogP contribution in [0, 0.1) is 5.41 Å². The average molecular weight is 302 g/mol. The number of aromatic nitrogens is 2. The number of pyridine rings is 1. The molecule has 0 aromatic carbocycles. The Morgan fingerprint density at radius 2 is 2.23 bits per heavy atom. The third-order valence-corrected chi connectivity index (χ3v) is 3.17. The monoisotopic (exact) mass is 302 g/mol. The Labute approximate surface area is 130 Å². The first-order valence-corrected chi connectivity index (χ1v) is 7.24. The van der Waals surface area contributed by atoms with E-state index >= 15 is 0 Å². The summed E-state index contributed by atoms with van der Waals surface area (Å²) < 4.78 is 5.11. The van der Waals surface area contributed by atoms with Crippen LogP contribution in [0.3, 0.4) is 0 Å². The van der Waals surface area contributed by atoms with Gasteiger partial charge in [0.25, 0.3) is 5.91 Å². The molecule has 0 aliphatic heterocycles. The SMILES string of the molecule is CC(C)(C)C[C@@H](NC(=O)c1coc(CN)n1)c1cccnc1. The maximum atomic E-state index is 12.3. The number of amides is 1. The third kappa shape index (κ3) is 4.39. The fraction of sp³-hybridized carbons (Fsp3) is 0.438. The number of carbonyl (C=O) groups is 1. The van der Waals surface area contributed by atoms with Gasteiger partial charge in [-0.25, -0.2) is 4.98 Å². The summed E-state index contributed by atoms with van der Waals surface area (Å²) >= 11 is 0. The number of hydrogen-bond acceptors (Lipinski definition) is 5. The van der Waals surface area contributed by atoms with Gasteiger partial charge in [-0.3, -0.25) is 9.78 Å². The van der Waals surface area contributed by atoms with Crippen molar-refractivity contribution in [1.82, 2.24) is 15.3 Å². The van der Waals surface area contributed by atoms with Crippen LogP contribution in [-0.2, 0) is 6.54 Å². The van der Waals surface area contributed by atoms with Crippen molar-refractivity contribution in [3.05, 3.63) is 47.9 Å². The zero-order valence-corrected chi connectivity index (χ0v) is 13.2. The fourth-order valence-electron chi connectivity index (χ4n) is 2.19. The van der Waals surface area contributed by atoms with Gasteiger partial charge in [-0.2, -0.15) is 0 Å². The van der Waals surface area contributed by atoms with Gasteiger partial charge in [0.1, 0.15) is 6.26 Å². The standard InChI is InChI=1S/C16H22N4O2/c1-16(2,3)7-12(11-5-4-6-18-9-11)20-15(21)13-10-22-14(8-17)19-13/h4-6,9-10,12H,7-8,17H2,1-3H3,(H,20,21)/t12-/m1/s1. The smallest absolute Gasteiger partial charge is 0.273 e. The summed E-state index contributed by atoms with van der Waals surface area (Å²) in [6.07, 6.45) is 5.59. The van der Waals surface area contributed by atoms with Crippen LogP contribution in [0.25, 0.3) is 0 Å². The van der Waals surface area contributed by atoms with E-state index in [1.807, 2.05) is 12.1 Å². The molecule has 0 fully saturated rings. The summed E-state index contributed by atoms with van der Waals surface area (Å²) in [7, 11) is 0. The number of nitrogens with one attached hydrogen (secondary N) is 1. The Morgan fingerprint density at radius 3 is 2.77 bits per heavy atom. The molecule has 2 aromatic rings. The lowest BCUT2D eigenvalue weighted by Gasteiger charge is -2.26. The van der Waals surface area contributed by atoms with Crippen LogP contribution < -0.4 is 11.1 Å². The molecule has 0 saturated carbocycles. The van der Waals surface area contributed by atoms with E-state index < -0.39 is 0 Å². The van der Waals surface area contributed by atoms with Crippen molar-refractivity contribution in [2.75, 3.05) is 0 Å². The van der Waals surface area contributed by atoms with Gasteiger partial charge in [0.05, 0.1) is 12.6 Å². The number of hydrogen-bond donors (Lipinski definition) is 2. The maximum absolute atomic E-state index is 12.3. The van der Waals surface area contributed by atoms with E-state index in [4.69, 9.17) is 10.2 Å². The quantitative estimate of drug-likeness (QED) is 0.884. The molecule has 1 amide bonds. The fourth-order valence-corrected chi connectivity index (χ4v) is 2.19. The summed E-state index contributed by atoms with van der Waals surface area (Å²) in [5.74, 6) is 0.0699. The largest absolute Gasteiger partial charge is 0.447 e. The Balaban J connectivity index is 2.17. The third-order valence-electron chi connectivity index (χ3n) is 3.17. The predicted molar refractivity (Wildman–Crippen MR) is 82.9 cm³/mol. The first-order chi connectivity index (χ1) is 10.4. The second-order valence-electron chi connectivity index (χ2n) is 6.41. The van der Waals surface area contributed by atoms with E-state index in [-0.39, 0.29) is 29.6 Å². The molecule has 0 aliphatic rings. The molecule has 2 rings (SSSR count). The Morgan fingerprint density at radius 1 is 1.45 bits per heavy atom. The molecular formula is C16H22N4O2. The lowest BCUT2D eigenvalue weighted by molar-refractivity contribution is 0.0921. The van der Waals surface area contributed by atoms with Crippen molar-refractivity contribution in [2.45, 2.75) is 39.8 Å². The number of carbonyl (C=O) groups excluding carboxylic acids is 1. The van der Waals surface area contributed by atoms with Crippen LogP contribution in [0.4, 0.5) is 0 Å². The van der Waals surface area contributed by atoms with E-state index in [9.17, 15) is 4.79 Å². The van der Waals surface area contributed by atoms with Gasteiger partial charge in [-0.15, -0.1) is 0 Å². The number of nitrogens with two attached hydrogens (primary N) is 1. The van der Waals surface area contributed by atoms with Crippen LogP contribution in [-0.4, -0.2) is 15.9 Å². The Bertz CT molecular complexity index is 617. The molecule has 6 nitrogen and oxygen atoms in total. The number of nitrogens with zero attached hydrogens (tertiary/aromatic N) is 2. The molecule has 0 spiro atoms. The molecule has 2 aromatic heterocycles. The van der Waals surface area contributed by atoms with Crippen LogP contribution in [0.1, 0.15) is 55.2 Å². The minimum absolute atomic E-state index is 0.0556. The second-order valence-corrected chi connectivity index (χ2v) is 6.41. The lowest BCUT2D eigenvalue weighted by atomic mass is 9.86. The topological polar surface area (TPSA) is 94.0 Å². The predicted octanol–water partition coefficient (Wildman–Crippen LogP) is 2.44. The molecular weight excluding hydrogens is 280 g/mol. The summed E-state index contributed by atoms with van der Waals surface area (Å²) in [4.78, 5) is 20.5. The molecule has 0 saturated heterocycles. The summed E-state index contributed by atoms with van der Waals surface area (Å²) in [6, 6.07) is 3.68. The van der Waals surface area contributed by atoms with E-state index in [0.29, 0.717) is 5.89 Å². The van der Waals surface area contributed by atoms with Gasteiger partial charge in [0, 0.05) is 12.4 Å². The molecule has 118 valence electrons. The molecule has 3 N–H and O–H groups in total. The summed E-state index contributed by atoms with van der Waals surface area (Å²) in [6.45, 7) is 6.56. The highest BCUT2D eigenvalue weighted by molar-refractivity contribution is 5.92. The zero-order chi connectivity index (χ0) is 16.2.